The van der Waals surface area contributed by atoms with Gasteiger partial charge >= 0.3 is 0 Å². The number of nitrogens with one attached hydrogen (secondary N) is 1. The van der Waals surface area contributed by atoms with Crippen LogP contribution in [0.25, 0.3) is 0 Å². The summed E-state index contributed by atoms with van der Waals surface area (Å²) >= 11 is 3.40. The molecule has 1 N–H and O–H groups in total. The third-order valence-electron chi connectivity index (χ3n) is 4.52. The molecule has 7 heteroatoms. The molecule has 3 aromatic rings. The fourth-order valence-electron chi connectivity index (χ4n) is 3.03. The van der Waals surface area contributed by atoms with Crippen LogP contribution in [0.5, 0.6) is 5.75 Å². The Morgan fingerprint density at radius 3 is 2.52 bits per heavy atom. The van der Waals surface area contributed by atoms with E-state index in [1.165, 1.54) is 24.3 Å². The van der Waals surface area contributed by atoms with Crippen LogP contribution in [-0.4, -0.2) is 18.4 Å². The molecule has 3 aromatic carbocycles. The second-order valence-corrected chi connectivity index (χ2v) is 7.45. The Kier molecular flexibility index (Phi) is 5.31. The van der Waals surface area contributed by atoms with Gasteiger partial charge in [-0.05, 0) is 60.2 Å². The molecule has 29 heavy (non-hydrogen) atoms. The van der Waals surface area contributed by atoms with Gasteiger partial charge in [0.25, 0.3) is 11.8 Å². The van der Waals surface area contributed by atoms with E-state index in [1.807, 2.05) is 24.3 Å². The summed E-state index contributed by atoms with van der Waals surface area (Å²) in [4.78, 5) is 26.5. The van der Waals surface area contributed by atoms with Crippen molar-refractivity contribution < 1.29 is 18.7 Å². The van der Waals surface area contributed by atoms with Crippen molar-refractivity contribution in [1.29, 1.82) is 0 Å². The first-order valence-corrected chi connectivity index (χ1v) is 9.67. The lowest BCUT2D eigenvalue weighted by atomic mass is 10.1. The van der Waals surface area contributed by atoms with E-state index in [-0.39, 0.29) is 18.4 Å². The molecule has 2 amide bonds. The molecule has 0 radical (unpaired) electrons. The first kappa shape index (κ1) is 19.1. The van der Waals surface area contributed by atoms with E-state index in [1.54, 1.807) is 23.1 Å². The molecular weight excluding hydrogens is 439 g/mol. The largest absolute Gasteiger partial charge is 0.482 e. The van der Waals surface area contributed by atoms with Gasteiger partial charge in [-0.15, -0.1) is 0 Å². The summed E-state index contributed by atoms with van der Waals surface area (Å²) in [6.07, 6.45) is 0. The maximum absolute atomic E-state index is 13.1. The van der Waals surface area contributed by atoms with Gasteiger partial charge in [-0.2, -0.15) is 0 Å². The number of hydrogen-bond donors (Lipinski definition) is 1. The summed E-state index contributed by atoms with van der Waals surface area (Å²) in [6.45, 7) is 0.350. The number of ether oxygens (including phenoxy) is 1. The molecular formula is C22H16BrFN2O3. The Bertz CT molecular complexity index is 1070. The van der Waals surface area contributed by atoms with Crippen molar-refractivity contribution in [1.82, 2.24) is 0 Å². The molecule has 1 heterocycles. The molecule has 5 nitrogen and oxygen atoms in total. The van der Waals surface area contributed by atoms with E-state index in [0.29, 0.717) is 29.2 Å². The Labute approximate surface area is 175 Å². The highest BCUT2D eigenvalue weighted by Crippen LogP contribution is 2.35. The number of carbonyl (C=O) groups is 2. The summed E-state index contributed by atoms with van der Waals surface area (Å²) < 4.78 is 19.5. The number of hydrogen-bond acceptors (Lipinski definition) is 3. The van der Waals surface area contributed by atoms with Crippen molar-refractivity contribution in [3.05, 3.63) is 88.1 Å². The summed E-state index contributed by atoms with van der Waals surface area (Å²) in [6, 6.07) is 18.1. The van der Waals surface area contributed by atoms with Gasteiger partial charge < -0.3 is 15.0 Å². The van der Waals surface area contributed by atoms with Crippen LogP contribution in [0.4, 0.5) is 15.8 Å². The van der Waals surface area contributed by atoms with Gasteiger partial charge in [0.05, 0.1) is 12.2 Å². The lowest BCUT2D eigenvalue weighted by molar-refractivity contribution is -0.121. The topological polar surface area (TPSA) is 58.6 Å². The van der Waals surface area contributed by atoms with Crippen LogP contribution in [0.1, 0.15) is 15.9 Å². The molecule has 0 saturated heterocycles. The molecule has 0 bridgehead atoms. The Morgan fingerprint density at radius 1 is 1.07 bits per heavy atom. The molecule has 0 saturated carbocycles. The molecule has 0 fully saturated rings. The van der Waals surface area contributed by atoms with Crippen LogP contribution in [0.2, 0.25) is 0 Å². The van der Waals surface area contributed by atoms with Crippen LogP contribution in [0.3, 0.4) is 0 Å². The monoisotopic (exact) mass is 454 g/mol. The minimum absolute atomic E-state index is 0.0369. The lowest BCUT2D eigenvalue weighted by Gasteiger charge is -2.30. The number of halogens is 2. The second kappa shape index (κ2) is 8.05. The maximum Gasteiger partial charge on any atom is 0.265 e. The van der Waals surface area contributed by atoms with Crippen LogP contribution in [0, 0.1) is 5.82 Å². The highest BCUT2D eigenvalue weighted by molar-refractivity contribution is 9.10. The Hall–Kier alpha value is -3.19. The molecule has 1 aliphatic rings. The highest BCUT2D eigenvalue weighted by atomic mass is 79.9. The number of fused-ring (bicyclic) bond motifs is 1. The Balaban J connectivity index is 1.59. The minimum Gasteiger partial charge on any atom is -0.482 e. The van der Waals surface area contributed by atoms with Gasteiger partial charge in [0.15, 0.2) is 6.61 Å². The van der Waals surface area contributed by atoms with Crippen LogP contribution >= 0.6 is 15.9 Å². The van der Waals surface area contributed by atoms with Gasteiger partial charge in [0.2, 0.25) is 0 Å². The zero-order chi connectivity index (χ0) is 20.4. The number of rotatable bonds is 4. The second-order valence-electron chi connectivity index (χ2n) is 6.54. The molecule has 0 unspecified atom stereocenters. The number of nitrogens with zero attached hydrogens (tertiary/aromatic N) is 1. The Morgan fingerprint density at radius 2 is 1.79 bits per heavy atom. The van der Waals surface area contributed by atoms with Gasteiger partial charge in [0.1, 0.15) is 11.6 Å². The number of carbonyl (C=O) groups excluding carboxylic acids is 2. The average molecular weight is 455 g/mol. The molecule has 0 spiro atoms. The standard InChI is InChI=1S/C22H16BrFN2O3/c23-16-5-1-14(2-6-16)12-26-19-11-18(9-10-20(19)29-13-21(26)27)25-22(28)15-3-7-17(24)8-4-15/h1-11H,12-13H2,(H,25,28). The smallest absolute Gasteiger partial charge is 0.265 e. The maximum atomic E-state index is 13.1. The van der Waals surface area contributed by atoms with Gasteiger partial charge in [-0.1, -0.05) is 28.1 Å². The summed E-state index contributed by atoms with van der Waals surface area (Å²) in [7, 11) is 0. The fourth-order valence-corrected chi connectivity index (χ4v) is 3.29. The van der Waals surface area contributed by atoms with Crippen LogP contribution < -0.4 is 15.0 Å². The first-order chi connectivity index (χ1) is 14.0. The SMILES string of the molecule is O=C(Nc1ccc2c(c1)N(Cc1ccc(Br)cc1)C(=O)CO2)c1ccc(F)cc1. The van der Waals surface area contributed by atoms with Crippen molar-refractivity contribution >= 4 is 39.1 Å². The van der Waals surface area contributed by atoms with Gasteiger partial charge in [0, 0.05) is 15.7 Å². The minimum atomic E-state index is -0.408. The first-order valence-electron chi connectivity index (χ1n) is 8.88. The third-order valence-corrected chi connectivity index (χ3v) is 5.05. The average Bonchev–Trinajstić information content (AvgIpc) is 2.72. The van der Waals surface area contributed by atoms with E-state index in [0.717, 1.165) is 10.0 Å². The number of anilines is 2. The van der Waals surface area contributed by atoms with Crippen molar-refractivity contribution in [3.8, 4) is 5.75 Å². The van der Waals surface area contributed by atoms with Crippen LogP contribution in [0.15, 0.2) is 71.2 Å². The fraction of sp³-hybridized carbons (Fsp3) is 0.0909. The number of amides is 2. The van der Waals surface area contributed by atoms with Crippen molar-refractivity contribution in [2.24, 2.45) is 0 Å². The molecule has 1 aliphatic heterocycles. The van der Waals surface area contributed by atoms with E-state index < -0.39 is 5.82 Å². The van der Waals surface area contributed by atoms with Crippen molar-refractivity contribution in [2.45, 2.75) is 6.54 Å². The molecule has 0 atom stereocenters. The van der Waals surface area contributed by atoms with E-state index in [9.17, 15) is 14.0 Å². The zero-order valence-electron chi connectivity index (χ0n) is 15.2. The van der Waals surface area contributed by atoms with Crippen LogP contribution in [-0.2, 0) is 11.3 Å². The predicted molar refractivity (Wildman–Crippen MR) is 112 cm³/mol. The third kappa shape index (κ3) is 4.30. The van der Waals surface area contributed by atoms with Gasteiger partial charge in [-0.3, -0.25) is 9.59 Å². The summed E-state index contributed by atoms with van der Waals surface area (Å²) in [5, 5.41) is 2.77. The van der Waals surface area contributed by atoms with E-state index in [4.69, 9.17) is 4.74 Å². The van der Waals surface area contributed by atoms with E-state index in [2.05, 4.69) is 21.2 Å². The number of benzene rings is 3. The van der Waals surface area contributed by atoms with Gasteiger partial charge in [-0.25, -0.2) is 4.39 Å². The summed E-state index contributed by atoms with van der Waals surface area (Å²) in [5.74, 6) is -0.369. The molecule has 146 valence electrons. The predicted octanol–water partition coefficient (Wildman–Crippen LogP) is 4.77. The quantitative estimate of drug-likeness (QED) is 0.617. The molecule has 0 aliphatic carbocycles. The summed E-state index contributed by atoms with van der Waals surface area (Å²) in [5.41, 5.74) is 2.40. The van der Waals surface area contributed by atoms with Crippen molar-refractivity contribution in [3.63, 3.8) is 0 Å². The van der Waals surface area contributed by atoms with E-state index >= 15 is 0 Å². The zero-order valence-corrected chi connectivity index (χ0v) is 16.8. The highest BCUT2D eigenvalue weighted by Gasteiger charge is 2.26. The van der Waals surface area contributed by atoms with Crippen molar-refractivity contribution in [2.75, 3.05) is 16.8 Å². The molecule has 0 aromatic heterocycles. The molecule has 4 rings (SSSR count). The lowest BCUT2D eigenvalue weighted by Crippen LogP contribution is -2.38. The normalized spacial score (nSPS) is 12.9.